The van der Waals surface area contributed by atoms with E-state index in [2.05, 4.69) is 5.16 Å². The number of rotatable bonds is 8. The number of ether oxygens (including phenoxy) is 1. The molecule has 29 heavy (non-hydrogen) atoms. The highest BCUT2D eigenvalue weighted by Crippen LogP contribution is 2.28. The van der Waals surface area contributed by atoms with Gasteiger partial charge in [0.2, 0.25) is 0 Å². The number of para-hydroxylation sites is 1. The molecule has 0 bridgehead atoms. The van der Waals surface area contributed by atoms with E-state index in [0.29, 0.717) is 12.2 Å². The predicted octanol–water partition coefficient (Wildman–Crippen LogP) is 4.28. The summed E-state index contributed by atoms with van der Waals surface area (Å²) in [5.74, 6) is 0.366. The van der Waals surface area contributed by atoms with Crippen LogP contribution >= 0.6 is 0 Å². The highest BCUT2D eigenvalue weighted by Gasteiger charge is 2.19. The summed E-state index contributed by atoms with van der Waals surface area (Å²) in [5, 5.41) is 3.82. The second-order valence-corrected chi connectivity index (χ2v) is 6.61. The Morgan fingerprint density at radius 2 is 1.45 bits per heavy atom. The summed E-state index contributed by atoms with van der Waals surface area (Å²) in [6.07, 6.45) is 0.498. The number of amidine groups is 1. The van der Waals surface area contributed by atoms with Crippen LogP contribution in [0.15, 0.2) is 90.1 Å². The fourth-order valence-corrected chi connectivity index (χ4v) is 3.19. The van der Waals surface area contributed by atoms with Gasteiger partial charge in [-0.15, -0.1) is 0 Å². The first kappa shape index (κ1) is 20.1. The molecule has 0 aromatic heterocycles. The molecule has 0 amide bonds. The average Bonchev–Trinajstić information content (AvgIpc) is 2.77. The summed E-state index contributed by atoms with van der Waals surface area (Å²) >= 11 is 0. The number of carbonyl (C=O) groups is 1. The summed E-state index contributed by atoms with van der Waals surface area (Å²) in [6, 6.07) is 27.3. The molecule has 2 N–H and O–H groups in total. The molecular formula is C24H24N2O3. The second kappa shape index (κ2) is 10.1. The lowest BCUT2D eigenvalue weighted by atomic mass is 9.89. The minimum Gasteiger partial charge on any atom is -0.496 e. The topological polar surface area (TPSA) is 73.9 Å². The van der Waals surface area contributed by atoms with E-state index in [4.69, 9.17) is 15.3 Å². The zero-order valence-electron chi connectivity index (χ0n) is 16.3. The fourth-order valence-electron chi connectivity index (χ4n) is 3.19. The maximum absolute atomic E-state index is 12.5. The molecule has 5 nitrogen and oxygen atoms in total. The van der Waals surface area contributed by atoms with Crippen LogP contribution in [0.1, 0.15) is 29.0 Å². The van der Waals surface area contributed by atoms with Gasteiger partial charge in [0, 0.05) is 17.9 Å². The second-order valence-electron chi connectivity index (χ2n) is 6.61. The summed E-state index contributed by atoms with van der Waals surface area (Å²) < 4.78 is 5.30. The number of carbonyl (C=O) groups excluding carboxylic acids is 1. The summed E-state index contributed by atoms with van der Waals surface area (Å²) in [5.41, 5.74) is 8.91. The van der Waals surface area contributed by atoms with Gasteiger partial charge < -0.3 is 15.3 Å². The van der Waals surface area contributed by atoms with Gasteiger partial charge in [-0.2, -0.15) is 0 Å². The lowest BCUT2D eigenvalue weighted by molar-refractivity contribution is -0.143. The zero-order valence-corrected chi connectivity index (χ0v) is 16.3. The SMILES string of the molecule is COc1ccccc1C/C(N)=N/OC(=O)CC(c1ccccc1)c1ccccc1. The van der Waals surface area contributed by atoms with E-state index >= 15 is 0 Å². The van der Waals surface area contributed by atoms with Crippen LogP contribution in [0.2, 0.25) is 0 Å². The summed E-state index contributed by atoms with van der Waals surface area (Å²) in [6.45, 7) is 0. The molecule has 3 aromatic carbocycles. The Morgan fingerprint density at radius 1 is 0.897 bits per heavy atom. The molecule has 0 radical (unpaired) electrons. The third-order valence-electron chi connectivity index (χ3n) is 4.60. The van der Waals surface area contributed by atoms with Gasteiger partial charge in [-0.05, 0) is 17.2 Å². The van der Waals surface area contributed by atoms with E-state index in [1.165, 1.54) is 0 Å². The van der Waals surface area contributed by atoms with Crippen molar-refractivity contribution < 1.29 is 14.4 Å². The number of methoxy groups -OCH3 is 1. The first-order valence-electron chi connectivity index (χ1n) is 9.41. The third kappa shape index (κ3) is 5.69. The zero-order chi connectivity index (χ0) is 20.5. The number of nitrogens with zero attached hydrogens (tertiary/aromatic N) is 1. The molecule has 0 atom stereocenters. The van der Waals surface area contributed by atoms with Crippen molar-refractivity contribution in [1.82, 2.24) is 0 Å². The van der Waals surface area contributed by atoms with Crippen molar-refractivity contribution in [2.75, 3.05) is 7.11 Å². The van der Waals surface area contributed by atoms with Gasteiger partial charge in [-0.3, -0.25) is 0 Å². The van der Waals surface area contributed by atoms with Crippen molar-refractivity contribution in [2.45, 2.75) is 18.8 Å². The van der Waals surface area contributed by atoms with Crippen molar-refractivity contribution in [1.29, 1.82) is 0 Å². The molecule has 0 aliphatic heterocycles. The Bertz CT molecular complexity index is 917. The number of nitrogens with two attached hydrogens (primary N) is 1. The first-order valence-corrected chi connectivity index (χ1v) is 9.41. The maximum atomic E-state index is 12.5. The van der Waals surface area contributed by atoms with Crippen LogP contribution in [-0.2, 0) is 16.1 Å². The van der Waals surface area contributed by atoms with E-state index < -0.39 is 5.97 Å². The highest BCUT2D eigenvalue weighted by atomic mass is 16.7. The quantitative estimate of drug-likeness (QED) is 0.271. The molecule has 5 heteroatoms. The predicted molar refractivity (Wildman–Crippen MR) is 114 cm³/mol. The molecule has 0 fully saturated rings. The van der Waals surface area contributed by atoms with Crippen LogP contribution in [0, 0.1) is 0 Å². The maximum Gasteiger partial charge on any atom is 0.336 e. The molecule has 3 aromatic rings. The van der Waals surface area contributed by atoms with E-state index in [1.54, 1.807) is 7.11 Å². The Balaban J connectivity index is 1.68. The first-order chi connectivity index (χ1) is 14.2. The van der Waals surface area contributed by atoms with Crippen molar-refractivity contribution in [3.63, 3.8) is 0 Å². The molecule has 0 saturated carbocycles. The molecule has 0 heterocycles. The summed E-state index contributed by atoms with van der Waals surface area (Å²) in [4.78, 5) is 17.6. The van der Waals surface area contributed by atoms with Crippen molar-refractivity contribution >= 4 is 11.8 Å². The molecule has 0 unspecified atom stereocenters. The molecule has 0 aliphatic carbocycles. The van der Waals surface area contributed by atoms with Crippen molar-refractivity contribution in [3.8, 4) is 5.75 Å². The Kier molecular flexibility index (Phi) is 7.00. The minimum absolute atomic E-state index is 0.115. The van der Waals surface area contributed by atoms with Crippen LogP contribution in [0.3, 0.4) is 0 Å². The van der Waals surface area contributed by atoms with Crippen LogP contribution in [0.4, 0.5) is 0 Å². The Morgan fingerprint density at radius 3 is 2.03 bits per heavy atom. The number of oxime groups is 1. The largest absolute Gasteiger partial charge is 0.496 e. The molecule has 0 aliphatic rings. The van der Waals surface area contributed by atoms with Crippen LogP contribution < -0.4 is 10.5 Å². The number of hydrogen-bond donors (Lipinski definition) is 1. The molecular weight excluding hydrogens is 364 g/mol. The lowest BCUT2D eigenvalue weighted by Crippen LogP contribution is -2.18. The third-order valence-corrected chi connectivity index (χ3v) is 4.60. The highest BCUT2D eigenvalue weighted by molar-refractivity contribution is 5.83. The van der Waals surface area contributed by atoms with Crippen LogP contribution in [-0.4, -0.2) is 18.9 Å². The van der Waals surface area contributed by atoms with Gasteiger partial charge in [0.15, 0.2) is 0 Å². The standard InChI is InChI=1S/C24H24N2O3/c1-28-22-15-9-8-14-20(22)16-23(25)26-29-24(27)17-21(18-10-4-2-5-11-18)19-12-6-3-7-13-19/h2-15,21H,16-17H2,1H3,(H2,25,26). The lowest BCUT2D eigenvalue weighted by Gasteiger charge is -2.16. The van der Waals surface area contributed by atoms with Crippen LogP contribution in [0.5, 0.6) is 5.75 Å². The summed E-state index contributed by atoms with van der Waals surface area (Å²) in [7, 11) is 1.60. The number of benzene rings is 3. The van der Waals surface area contributed by atoms with Crippen molar-refractivity contribution in [2.24, 2.45) is 10.9 Å². The van der Waals surface area contributed by atoms with E-state index in [1.807, 2.05) is 84.9 Å². The van der Waals surface area contributed by atoms with Gasteiger partial charge in [0.1, 0.15) is 11.6 Å². The van der Waals surface area contributed by atoms with Gasteiger partial charge in [0.25, 0.3) is 0 Å². The molecule has 0 spiro atoms. The average molecular weight is 388 g/mol. The molecule has 0 saturated heterocycles. The fraction of sp³-hybridized carbons (Fsp3) is 0.167. The minimum atomic E-state index is -0.439. The molecule has 148 valence electrons. The number of hydrogen-bond acceptors (Lipinski definition) is 4. The van der Waals surface area contributed by atoms with Gasteiger partial charge in [0.05, 0.1) is 13.5 Å². The molecule has 3 rings (SSSR count). The Hall–Kier alpha value is -3.60. The van der Waals surface area contributed by atoms with Gasteiger partial charge >= 0.3 is 5.97 Å². The van der Waals surface area contributed by atoms with E-state index in [0.717, 1.165) is 16.7 Å². The Labute approximate surface area is 170 Å². The monoisotopic (exact) mass is 388 g/mol. The van der Waals surface area contributed by atoms with Gasteiger partial charge in [-0.1, -0.05) is 84.0 Å². The van der Waals surface area contributed by atoms with Crippen molar-refractivity contribution in [3.05, 3.63) is 102 Å². The van der Waals surface area contributed by atoms with E-state index in [-0.39, 0.29) is 18.2 Å². The smallest absolute Gasteiger partial charge is 0.336 e. The van der Waals surface area contributed by atoms with E-state index in [9.17, 15) is 4.79 Å². The van der Waals surface area contributed by atoms with Gasteiger partial charge in [-0.25, -0.2) is 4.79 Å². The van der Waals surface area contributed by atoms with Crippen LogP contribution in [0.25, 0.3) is 0 Å². The normalized spacial score (nSPS) is 11.3.